The smallest absolute Gasteiger partial charge is 0.252 e. The normalized spacial score (nSPS) is 15.8. The fraction of sp³-hybridized carbons (Fsp3) is 0.333. The van der Waals surface area contributed by atoms with Crippen molar-refractivity contribution in [3.05, 3.63) is 83.4 Å². The van der Waals surface area contributed by atoms with E-state index in [1.54, 1.807) is 18.3 Å². The van der Waals surface area contributed by atoms with Crippen molar-refractivity contribution < 1.29 is 17.9 Å². The molecule has 1 atom stereocenters. The topological polar surface area (TPSA) is 93.5 Å². The Morgan fingerprint density at radius 3 is 2.52 bits per heavy atom. The highest BCUT2D eigenvalue weighted by Crippen LogP contribution is 2.25. The molecule has 1 unspecified atom stereocenters. The number of rotatable bonds is 7. The summed E-state index contributed by atoms with van der Waals surface area (Å²) in [6, 6.07) is 14.0. The van der Waals surface area contributed by atoms with E-state index in [2.05, 4.69) is 10.3 Å². The van der Waals surface area contributed by atoms with Crippen molar-refractivity contribution in [2.75, 3.05) is 26.3 Å². The van der Waals surface area contributed by atoms with Gasteiger partial charge in [0.05, 0.1) is 18.1 Å². The number of hydrogen-bond acceptors (Lipinski definition) is 5. The molecule has 2 aromatic carbocycles. The van der Waals surface area contributed by atoms with Crippen LogP contribution in [0.3, 0.4) is 0 Å². The highest BCUT2D eigenvalue weighted by molar-refractivity contribution is 7.89. The van der Waals surface area contributed by atoms with Crippen molar-refractivity contribution >= 4 is 15.9 Å². The van der Waals surface area contributed by atoms with E-state index in [4.69, 9.17) is 4.74 Å². The molecule has 0 aliphatic carbocycles. The standard InChI is InChI=1S/C24H28N4O4S/c1-3-18-9-10-20(17-21(18)33(30,31)28-13-15-32-16-14-28)24(29)26-22(19-7-5-4-6-8-19)23-25-11-12-27(23)2/h4-12,17,22H,3,13-16H2,1-2H3,(H,26,29). The SMILES string of the molecule is CCc1ccc(C(=O)NC(c2ccccc2)c2nccn2C)cc1S(=O)(=O)N1CCOCC1. The fourth-order valence-corrected chi connectivity index (χ4v) is 5.69. The lowest BCUT2D eigenvalue weighted by atomic mass is 10.0. The Morgan fingerprint density at radius 2 is 1.88 bits per heavy atom. The lowest BCUT2D eigenvalue weighted by molar-refractivity contribution is 0.0730. The third kappa shape index (κ3) is 4.85. The number of carbonyl (C=O) groups is 1. The number of morpholine rings is 1. The molecule has 33 heavy (non-hydrogen) atoms. The summed E-state index contributed by atoms with van der Waals surface area (Å²) >= 11 is 0. The Morgan fingerprint density at radius 1 is 1.15 bits per heavy atom. The molecule has 1 amide bonds. The number of aromatic nitrogens is 2. The molecule has 0 radical (unpaired) electrons. The highest BCUT2D eigenvalue weighted by atomic mass is 32.2. The third-order valence-electron chi connectivity index (χ3n) is 5.82. The highest BCUT2D eigenvalue weighted by Gasteiger charge is 2.29. The minimum atomic E-state index is -3.73. The summed E-state index contributed by atoms with van der Waals surface area (Å²) in [5.74, 6) is 0.314. The number of amides is 1. The molecule has 2 heterocycles. The van der Waals surface area contributed by atoms with E-state index in [1.807, 2.05) is 55.1 Å². The van der Waals surface area contributed by atoms with Crippen molar-refractivity contribution in [2.45, 2.75) is 24.3 Å². The van der Waals surface area contributed by atoms with E-state index in [-0.39, 0.29) is 16.4 Å². The molecule has 174 valence electrons. The summed E-state index contributed by atoms with van der Waals surface area (Å²) in [5, 5.41) is 3.04. The summed E-state index contributed by atoms with van der Waals surface area (Å²) in [7, 11) is -1.87. The molecular formula is C24H28N4O4S. The Bertz CT molecular complexity index is 1220. The van der Waals surface area contributed by atoms with Crippen molar-refractivity contribution in [2.24, 2.45) is 7.05 Å². The van der Waals surface area contributed by atoms with Gasteiger partial charge in [0.25, 0.3) is 5.91 Å². The minimum absolute atomic E-state index is 0.174. The average Bonchev–Trinajstić information content (AvgIpc) is 3.28. The van der Waals surface area contributed by atoms with E-state index in [1.165, 1.54) is 10.4 Å². The molecule has 0 saturated carbocycles. The first-order valence-electron chi connectivity index (χ1n) is 11.0. The Kier molecular flexibility index (Phi) is 6.92. The zero-order valence-electron chi connectivity index (χ0n) is 18.8. The lowest BCUT2D eigenvalue weighted by Crippen LogP contribution is -2.41. The number of sulfonamides is 1. The van der Waals surface area contributed by atoms with Crippen LogP contribution in [0, 0.1) is 0 Å². The van der Waals surface area contributed by atoms with Crippen molar-refractivity contribution in [3.8, 4) is 0 Å². The molecule has 3 aromatic rings. The van der Waals surface area contributed by atoms with Gasteiger partial charge in [0.1, 0.15) is 11.9 Å². The zero-order valence-corrected chi connectivity index (χ0v) is 19.6. The van der Waals surface area contributed by atoms with Crippen LogP contribution in [0.2, 0.25) is 0 Å². The van der Waals surface area contributed by atoms with Gasteiger partial charge in [-0.25, -0.2) is 13.4 Å². The van der Waals surface area contributed by atoms with Crippen LogP contribution in [0.4, 0.5) is 0 Å². The van der Waals surface area contributed by atoms with Crippen LogP contribution >= 0.6 is 0 Å². The number of nitrogens with zero attached hydrogens (tertiary/aromatic N) is 3. The van der Waals surface area contributed by atoms with E-state index in [0.29, 0.717) is 44.1 Å². The number of nitrogens with one attached hydrogen (secondary N) is 1. The fourth-order valence-electron chi connectivity index (χ4n) is 3.97. The first-order valence-corrected chi connectivity index (χ1v) is 12.4. The third-order valence-corrected chi connectivity index (χ3v) is 7.80. The number of carbonyl (C=O) groups excluding carboxylic acids is 1. The number of aryl methyl sites for hydroxylation is 2. The summed E-state index contributed by atoms with van der Waals surface area (Å²) in [6.07, 6.45) is 4.04. The van der Waals surface area contributed by atoms with E-state index in [9.17, 15) is 13.2 Å². The van der Waals surface area contributed by atoms with Gasteiger partial charge in [-0.3, -0.25) is 4.79 Å². The van der Waals surface area contributed by atoms with Gasteiger partial charge in [-0.15, -0.1) is 0 Å². The van der Waals surface area contributed by atoms with Crippen LogP contribution in [-0.4, -0.2) is 54.5 Å². The Balaban J connectivity index is 1.68. The molecule has 1 saturated heterocycles. The molecular weight excluding hydrogens is 440 g/mol. The van der Waals surface area contributed by atoms with Crippen molar-refractivity contribution in [3.63, 3.8) is 0 Å². The molecule has 1 aliphatic heterocycles. The molecule has 0 bridgehead atoms. The minimum Gasteiger partial charge on any atom is -0.379 e. The van der Waals surface area contributed by atoms with Crippen molar-refractivity contribution in [1.29, 1.82) is 0 Å². The molecule has 0 spiro atoms. The number of ether oxygens (including phenoxy) is 1. The second-order valence-electron chi connectivity index (χ2n) is 7.91. The van der Waals surface area contributed by atoms with Gasteiger partial charge < -0.3 is 14.6 Å². The van der Waals surface area contributed by atoms with E-state index >= 15 is 0 Å². The second-order valence-corrected chi connectivity index (χ2v) is 9.81. The molecule has 1 aliphatic rings. The summed E-state index contributed by atoms with van der Waals surface area (Å²) in [6.45, 7) is 3.24. The van der Waals surface area contributed by atoms with Crippen LogP contribution in [0.1, 0.15) is 40.3 Å². The first kappa shape index (κ1) is 23.2. The molecule has 1 aromatic heterocycles. The van der Waals surface area contributed by atoms with Gasteiger partial charge in [0.2, 0.25) is 10.0 Å². The molecule has 1 N–H and O–H groups in total. The molecule has 9 heteroatoms. The lowest BCUT2D eigenvalue weighted by Gasteiger charge is -2.27. The van der Waals surface area contributed by atoms with Crippen molar-refractivity contribution in [1.82, 2.24) is 19.2 Å². The maximum atomic E-state index is 13.3. The van der Waals surface area contributed by atoms with Gasteiger partial charge in [0.15, 0.2) is 0 Å². The number of imidazole rings is 1. The Labute approximate surface area is 194 Å². The quantitative estimate of drug-likeness (QED) is 0.575. The summed E-state index contributed by atoms with van der Waals surface area (Å²) in [4.78, 5) is 17.9. The predicted molar refractivity (Wildman–Crippen MR) is 124 cm³/mol. The van der Waals surface area contributed by atoms with Gasteiger partial charge >= 0.3 is 0 Å². The number of benzene rings is 2. The molecule has 4 rings (SSSR count). The van der Waals surface area contributed by atoms with Crippen LogP contribution < -0.4 is 5.32 Å². The zero-order chi connectivity index (χ0) is 23.4. The van der Waals surface area contributed by atoms with Gasteiger partial charge in [-0.2, -0.15) is 4.31 Å². The maximum absolute atomic E-state index is 13.3. The first-order chi connectivity index (χ1) is 15.9. The van der Waals surface area contributed by atoms with E-state index < -0.39 is 16.1 Å². The Hall–Kier alpha value is -3.01. The second kappa shape index (κ2) is 9.86. The van der Waals surface area contributed by atoms with Crippen LogP contribution in [0.15, 0.2) is 65.8 Å². The van der Waals surface area contributed by atoms with Crippen LogP contribution in [0.5, 0.6) is 0 Å². The van der Waals surface area contributed by atoms with Crippen LogP contribution in [-0.2, 0) is 28.2 Å². The predicted octanol–water partition coefficient (Wildman–Crippen LogP) is 2.52. The van der Waals surface area contributed by atoms with Crippen LogP contribution in [0.25, 0.3) is 0 Å². The van der Waals surface area contributed by atoms with Gasteiger partial charge in [-0.05, 0) is 29.7 Å². The van der Waals surface area contributed by atoms with Gasteiger partial charge in [-0.1, -0.05) is 43.3 Å². The molecule has 8 nitrogen and oxygen atoms in total. The largest absolute Gasteiger partial charge is 0.379 e. The maximum Gasteiger partial charge on any atom is 0.252 e. The number of hydrogen-bond donors (Lipinski definition) is 1. The summed E-state index contributed by atoms with van der Waals surface area (Å²) < 4.78 is 35.3. The molecule has 1 fully saturated rings. The summed E-state index contributed by atoms with van der Waals surface area (Å²) in [5.41, 5.74) is 1.85. The van der Waals surface area contributed by atoms with Gasteiger partial charge in [0, 0.05) is 38.1 Å². The van der Waals surface area contributed by atoms with E-state index in [0.717, 1.165) is 5.56 Å². The average molecular weight is 469 g/mol. The monoisotopic (exact) mass is 468 g/mol.